The topological polar surface area (TPSA) is 77.0 Å². The number of nitrogens with one attached hydrogen (secondary N) is 2. The van der Waals surface area contributed by atoms with E-state index in [2.05, 4.69) is 27.4 Å². The van der Waals surface area contributed by atoms with Gasteiger partial charge < -0.3 is 10.6 Å². The Labute approximate surface area is 150 Å². The number of hydrogen-bond donors (Lipinski definition) is 2. The molecular formula is C15H31N5O2S2. The quantitative estimate of drug-likeness (QED) is 0.481. The van der Waals surface area contributed by atoms with Crippen LogP contribution in [0.15, 0.2) is 4.99 Å². The summed E-state index contributed by atoms with van der Waals surface area (Å²) in [7, 11) is -1.44. The molecule has 0 aromatic carbocycles. The Bertz CT molecular complexity index is 506. The van der Waals surface area contributed by atoms with Crippen LogP contribution in [0.2, 0.25) is 0 Å². The number of likely N-dealkylation sites (tertiary alicyclic amines) is 1. The van der Waals surface area contributed by atoms with Crippen molar-refractivity contribution in [2.45, 2.75) is 25.8 Å². The molecule has 1 unspecified atom stereocenters. The number of thioether (sulfide) groups is 1. The van der Waals surface area contributed by atoms with E-state index in [0.717, 1.165) is 24.6 Å². The Hall–Kier alpha value is -0.510. The molecule has 0 bridgehead atoms. The average molecular weight is 378 g/mol. The van der Waals surface area contributed by atoms with Crippen LogP contribution in [-0.4, -0.2) is 93.2 Å². The second kappa shape index (κ2) is 9.84. The van der Waals surface area contributed by atoms with Crippen LogP contribution in [0.5, 0.6) is 0 Å². The molecule has 0 spiro atoms. The largest absolute Gasteiger partial charge is 0.355 e. The third-order valence-electron chi connectivity index (χ3n) is 4.65. The van der Waals surface area contributed by atoms with Gasteiger partial charge in [0.15, 0.2) is 5.96 Å². The normalized spacial score (nSPS) is 24.2. The molecule has 0 radical (unpaired) electrons. The molecule has 2 N–H and O–H groups in total. The Morgan fingerprint density at radius 3 is 2.67 bits per heavy atom. The maximum Gasteiger partial charge on any atom is 0.215 e. The molecule has 2 heterocycles. The first kappa shape index (κ1) is 19.8. The number of aliphatic imine (C=N–C) groups is 1. The minimum Gasteiger partial charge on any atom is -0.355 e. The van der Waals surface area contributed by atoms with Gasteiger partial charge in [-0.15, -0.1) is 0 Å². The van der Waals surface area contributed by atoms with Crippen molar-refractivity contribution in [3.63, 3.8) is 0 Å². The zero-order valence-corrected chi connectivity index (χ0v) is 16.5. The molecule has 24 heavy (non-hydrogen) atoms. The average Bonchev–Trinajstić information content (AvgIpc) is 3.06. The highest BCUT2D eigenvalue weighted by Crippen LogP contribution is 2.15. The molecule has 2 aliphatic rings. The summed E-state index contributed by atoms with van der Waals surface area (Å²) in [5, 5.41) is 6.46. The first-order chi connectivity index (χ1) is 11.6. The molecule has 2 fully saturated rings. The molecular weight excluding hydrogens is 346 g/mol. The van der Waals surface area contributed by atoms with Crippen LogP contribution in [0, 0.1) is 0 Å². The summed E-state index contributed by atoms with van der Waals surface area (Å²) in [6.07, 6.45) is 2.46. The zero-order chi connectivity index (χ0) is 17.4. The fourth-order valence-corrected chi connectivity index (χ4v) is 5.72. The molecule has 2 rings (SSSR count). The van der Waals surface area contributed by atoms with Crippen molar-refractivity contribution in [1.82, 2.24) is 19.8 Å². The van der Waals surface area contributed by atoms with E-state index in [0.29, 0.717) is 31.6 Å². The minimum atomic E-state index is -3.16. The van der Waals surface area contributed by atoms with E-state index < -0.39 is 10.0 Å². The van der Waals surface area contributed by atoms with E-state index in [-0.39, 0.29) is 5.75 Å². The number of nitrogens with zero attached hydrogens (tertiary/aromatic N) is 3. The van der Waals surface area contributed by atoms with Gasteiger partial charge in [0, 0.05) is 50.8 Å². The number of rotatable bonds is 7. The molecule has 2 saturated heterocycles. The van der Waals surface area contributed by atoms with Gasteiger partial charge in [-0.05, 0) is 25.9 Å². The summed E-state index contributed by atoms with van der Waals surface area (Å²) < 4.78 is 26.2. The highest BCUT2D eigenvalue weighted by atomic mass is 32.2. The van der Waals surface area contributed by atoms with Crippen molar-refractivity contribution >= 4 is 27.7 Å². The number of guanidine groups is 1. The standard InChI is InChI=1S/C15H31N5O2S2/c1-3-19-7-4-5-14(19)13-18-15(16-2)17-6-12-24(21,22)20-8-10-23-11-9-20/h14H,3-13H2,1-2H3,(H2,16,17,18). The molecule has 9 heteroatoms. The second-order valence-corrected chi connectivity index (χ2v) is 9.45. The van der Waals surface area contributed by atoms with Gasteiger partial charge in [-0.25, -0.2) is 12.7 Å². The van der Waals surface area contributed by atoms with Crippen molar-refractivity contribution in [2.75, 3.05) is 63.6 Å². The summed E-state index contributed by atoms with van der Waals surface area (Å²) in [6.45, 7) is 6.93. The maximum atomic E-state index is 12.3. The Morgan fingerprint density at radius 2 is 2.00 bits per heavy atom. The molecule has 0 aromatic heterocycles. The fourth-order valence-electron chi connectivity index (χ4n) is 3.23. The molecule has 1 atom stereocenters. The van der Waals surface area contributed by atoms with Crippen LogP contribution >= 0.6 is 11.8 Å². The van der Waals surface area contributed by atoms with Crippen molar-refractivity contribution < 1.29 is 8.42 Å². The lowest BCUT2D eigenvalue weighted by molar-refractivity contribution is 0.267. The maximum absolute atomic E-state index is 12.3. The van der Waals surface area contributed by atoms with Crippen LogP contribution in [0.4, 0.5) is 0 Å². The van der Waals surface area contributed by atoms with E-state index >= 15 is 0 Å². The Morgan fingerprint density at radius 1 is 1.25 bits per heavy atom. The summed E-state index contributed by atoms with van der Waals surface area (Å²) in [5.41, 5.74) is 0. The number of likely N-dealkylation sites (N-methyl/N-ethyl adjacent to an activating group) is 1. The van der Waals surface area contributed by atoms with Crippen molar-refractivity contribution in [2.24, 2.45) is 4.99 Å². The Balaban J connectivity index is 1.71. The third kappa shape index (κ3) is 5.79. The molecule has 140 valence electrons. The van der Waals surface area contributed by atoms with E-state index in [1.54, 1.807) is 11.4 Å². The number of sulfonamides is 1. The van der Waals surface area contributed by atoms with Gasteiger partial charge in [-0.1, -0.05) is 6.92 Å². The van der Waals surface area contributed by atoms with E-state index in [4.69, 9.17) is 0 Å². The van der Waals surface area contributed by atoms with Crippen molar-refractivity contribution in [3.05, 3.63) is 0 Å². The summed E-state index contributed by atoms with van der Waals surface area (Å²) >= 11 is 1.81. The summed E-state index contributed by atoms with van der Waals surface area (Å²) in [6, 6.07) is 0.545. The highest BCUT2D eigenvalue weighted by Gasteiger charge is 2.24. The minimum absolute atomic E-state index is 0.114. The van der Waals surface area contributed by atoms with Crippen LogP contribution in [0.3, 0.4) is 0 Å². The number of hydrogen-bond acceptors (Lipinski definition) is 5. The van der Waals surface area contributed by atoms with Crippen LogP contribution in [-0.2, 0) is 10.0 Å². The van der Waals surface area contributed by atoms with Gasteiger partial charge in [0.1, 0.15) is 0 Å². The summed E-state index contributed by atoms with van der Waals surface area (Å²) in [5.74, 6) is 2.58. The molecule has 0 amide bonds. The lowest BCUT2D eigenvalue weighted by atomic mass is 10.2. The molecule has 7 nitrogen and oxygen atoms in total. The van der Waals surface area contributed by atoms with E-state index in [1.165, 1.54) is 19.4 Å². The van der Waals surface area contributed by atoms with Crippen LogP contribution < -0.4 is 10.6 Å². The van der Waals surface area contributed by atoms with Gasteiger partial charge in [-0.2, -0.15) is 11.8 Å². The highest BCUT2D eigenvalue weighted by molar-refractivity contribution is 7.99. The molecule has 0 aromatic rings. The summed E-state index contributed by atoms with van der Waals surface area (Å²) in [4.78, 5) is 6.67. The smallest absolute Gasteiger partial charge is 0.215 e. The van der Waals surface area contributed by atoms with E-state index in [1.807, 2.05) is 11.8 Å². The predicted octanol–water partition coefficient (Wildman–Crippen LogP) is 0.0143. The third-order valence-corrected chi connectivity index (χ3v) is 7.46. The van der Waals surface area contributed by atoms with Gasteiger partial charge in [0.2, 0.25) is 10.0 Å². The van der Waals surface area contributed by atoms with Crippen LogP contribution in [0.25, 0.3) is 0 Å². The van der Waals surface area contributed by atoms with Crippen molar-refractivity contribution in [3.8, 4) is 0 Å². The van der Waals surface area contributed by atoms with Gasteiger partial charge in [-0.3, -0.25) is 9.89 Å². The predicted molar refractivity (Wildman–Crippen MR) is 102 cm³/mol. The Kier molecular flexibility index (Phi) is 8.12. The SMILES string of the molecule is CCN1CCCC1CNC(=NC)NCCS(=O)(=O)N1CCSCC1. The van der Waals surface area contributed by atoms with Gasteiger partial charge >= 0.3 is 0 Å². The lowest BCUT2D eigenvalue weighted by Crippen LogP contribution is -2.47. The van der Waals surface area contributed by atoms with E-state index in [9.17, 15) is 8.42 Å². The molecule has 0 aliphatic carbocycles. The fraction of sp³-hybridized carbons (Fsp3) is 0.933. The lowest BCUT2D eigenvalue weighted by Gasteiger charge is -2.26. The van der Waals surface area contributed by atoms with Gasteiger partial charge in [0.05, 0.1) is 5.75 Å². The van der Waals surface area contributed by atoms with Gasteiger partial charge in [0.25, 0.3) is 0 Å². The zero-order valence-electron chi connectivity index (χ0n) is 14.8. The molecule has 2 aliphatic heterocycles. The molecule has 0 saturated carbocycles. The first-order valence-corrected chi connectivity index (χ1v) is 11.6. The first-order valence-electron chi connectivity index (χ1n) is 8.81. The van der Waals surface area contributed by atoms with Crippen LogP contribution in [0.1, 0.15) is 19.8 Å². The monoisotopic (exact) mass is 377 g/mol. The second-order valence-electron chi connectivity index (χ2n) is 6.13. The van der Waals surface area contributed by atoms with Crippen molar-refractivity contribution in [1.29, 1.82) is 0 Å².